The molecule has 0 aliphatic carbocycles. The number of likely N-dealkylation sites (N-methyl/N-ethyl adjacent to an activating group) is 1. The molecule has 0 spiro atoms. The van der Waals surface area contributed by atoms with Crippen molar-refractivity contribution in [3.8, 4) is 0 Å². The van der Waals surface area contributed by atoms with Gasteiger partial charge in [-0.15, -0.1) is 0 Å². The first-order valence-electron chi connectivity index (χ1n) is 11.6. The smallest absolute Gasteiger partial charge is 0.255 e. The van der Waals surface area contributed by atoms with E-state index in [1.807, 2.05) is 6.92 Å². The second-order valence-electron chi connectivity index (χ2n) is 9.12. The SMILES string of the molecule is C=C(Cl)Cn1c(=O)c(CN2CCC(N3CCN(CC)CC3)CC2)cc2ccc(C)cc21. The van der Waals surface area contributed by atoms with Crippen LogP contribution in [-0.2, 0) is 13.1 Å². The van der Waals surface area contributed by atoms with E-state index < -0.39 is 0 Å². The number of benzene rings is 1. The van der Waals surface area contributed by atoms with Crippen LogP contribution in [0.1, 0.15) is 30.9 Å². The van der Waals surface area contributed by atoms with Gasteiger partial charge in [0.2, 0.25) is 0 Å². The van der Waals surface area contributed by atoms with Crippen LogP contribution in [-0.4, -0.2) is 71.1 Å². The van der Waals surface area contributed by atoms with Gasteiger partial charge in [0.25, 0.3) is 5.56 Å². The van der Waals surface area contributed by atoms with Gasteiger partial charge < -0.3 is 9.47 Å². The molecule has 4 rings (SSSR count). The Morgan fingerprint density at radius 3 is 2.42 bits per heavy atom. The van der Waals surface area contributed by atoms with Crippen LogP contribution in [0, 0.1) is 6.92 Å². The minimum absolute atomic E-state index is 0.0534. The van der Waals surface area contributed by atoms with E-state index >= 15 is 0 Å². The van der Waals surface area contributed by atoms with Crippen molar-refractivity contribution < 1.29 is 0 Å². The highest BCUT2D eigenvalue weighted by Gasteiger charge is 2.27. The number of likely N-dealkylation sites (tertiary alicyclic amines) is 1. The molecule has 0 bridgehead atoms. The van der Waals surface area contributed by atoms with Gasteiger partial charge in [-0.2, -0.15) is 0 Å². The summed E-state index contributed by atoms with van der Waals surface area (Å²) < 4.78 is 1.78. The van der Waals surface area contributed by atoms with E-state index in [9.17, 15) is 4.79 Å². The monoisotopic (exact) mass is 442 g/mol. The molecule has 0 saturated carbocycles. The number of rotatable bonds is 6. The Hall–Kier alpha value is -1.66. The second kappa shape index (κ2) is 9.86. The molecule has 0 unspecified atom stereocenters. The predicted molar refractivity (Wildman–Crippen MR) is 130 cm³/mol. The molecule has 1 aromatic heterocycles. The third-order valence-electron chi connectivity index (χ3n) is 6.98. The molecule has 0 amide bonds. The van der Waals surface area contributed by atoms with Gasteiger partial charge in [-0.05, 0) is 62.5 Å². The van der Waals surface area contributed by atoms with Gasteiger partial charge in [-0.3, -0.25) is 14.6 Å². The predicted octanol–water partition coefficient (Wildman–Crippen LogP) is 3.66. The van der Waals surface area contributed by atoms with Crippen LogP contribution >= 0.6 is 11.6 Å². The van der Waals surface area contributed by atoms with Crippen LogP contribution in [0.5, 0.6) is 0 Å². The Labute approximate surface area is 190 Å². The first-order chi connectivity index (χ1) is 14.9. The number of allylic oxidation sites excluding steroid dienone is 1. The molecule has 2 aliphatic heterocycles. The van der Waals surface area contributed by atoms with E-state index in [4.69, 9.17) is 11.6 Å². The van der Waals surface area contributed by atoms with Crippen LogP contribution in [0.4, 0.5) is 0 Å². The van der Waals surface area contributed by atoms with E-state index in [1.54, 1.807) is 4.57 Å². The van der Waals surface area contributed by atoms with Crippen molar-refractivity contribution in [3.05, 3.63) is 57.4 Å². The standard InChI is InChI=1S/C25H35ClN4O/c1-4-27-11-13-29(14-12-27)23-7-9-28(10-8-23)18-22-16-21-6-5-19(2)15-24(21)30(25(22)31)17-20(3)26/h5-6,15-16,23H,3-4,7-14,17-18H2,1-2H3. The minimum Gasteiger partial charge on any atom is -0.303 e. The molecule has 0 N–H and O–H groups in total. The van der Waals surface area contributed by atoms with Gasteiger partial charge in [0.05, 0.1) is 12.1 Å². The molecule has 0 atom stereocenters. The van der Waals surface area contributed by atoms with Crippen molar-refractivity contribution in [2.24, 2.45) is 0 Å². The lowest BCUT2D eigenvalue weighted by molar-refractivity contribution is 0.0592. The molecule has 2 aliphatic rings. The van der Waals surface area contributed by atoms with E-state index in [0.29, 0.717) is 24.2 Å². The molecule has 2 saturated heterocycles. The van der Waals surface area contributed by atoms with E-state index in [2.05, 4.69) is 52.5 Å². The lowest BCUT2D eigenvalue weighted by atomic mass is 10.0. The summed E-state index contributed by atoms with van der Waals surface area (Å²) in [6.45, 7) is 17.2. The average molecular weight is 443 g/mol. The van der Waals surface area contributed by atoms with Gasteiger partial charge in [0, 0.05) is 49.4 Å². The lowest BCUT2D eigenvalue weighted by Crippen LogP contribution is -2.53. The van der Waals surface area contributed by atoms with Crippen LogP contribution in [0.25, 0.3) is 10.9 Å². The summed E-state index contributed by atoms with van der Waals surface area (Å²) in [5.74, 6) is 0. The van der Waals surface area contributed by atoms with Crippen molar-refractivity contribution in [3.63, 3.8) is 0 Å². The summed E-state index contributed by atoms with van der Waals surface area (Å²) in [6, 6.07) is 9.01. The lowest BCUT2D eigenvalue weighted by Gasteiger charge is -2.42. The Morgan fingerprint density at radius 2 is 1.77 bits per heavy atom. The van der Waals surface area contributed by atoms with E-state index in [0.717, 1.165) is 41.7 Å². The fourth-order valence-electron chi connectivity index (χ4n) is 5.11. The van der Waals surface area contributed by atoms with Gasteiger partial charge in [0.15, 0.2) is 0 Å². The molecule has 1 aromatic carbocycles. The molecule has 2 aromatic rings. The highest BCUT2D eigenvalue weighted by atomic mass is 35.5. The van der Waals surface area contributed by atoms with Crippen molar-refractivity contribution in [1.82, 2.24) is 19.3 Å². The molecule has 31 heavy (non-hydrogen) atoms. The third kappa shape index (κ3) is 5.23. The number of aromatic nitrogens is 1. The molecule has 3 heterocycles. The fraction of sp³-hybridized carbons (Fsp3) is 0.560. The van der Waals surface area contributed by atoms with Crippen LogP contribution in [0.15, 0.2) is 40.7 Å². The number of pyridine rings is 1. The summed E-state index contributed by atoms with van der Waals surface area (Å²) in [4.78, 5) is 21.0. The molecule has 168 valence electrons. The summed E-state index contributed by atoms with van der Waals surface area (Å²) in [7, 11) is 0. The number of aryl methyl sites for hydroxylation is 1. The second-order valence-corrected chi connectivity index (χ2v) is 9.65. The van der Waals surface area contributed by atoms with Gasteiger partial charge >= 0.3 is 0 Å². The minimum atomic E-state index is 0.0534. The molecule has 5 nitrogen and oxygen atoms in total. The third-order valence-corrected chi connectivity index (χ3v) is 7.10. The summed E-state index contributed by atoms with van der Waals surface area (Å²) in [5, 5.41) is 1.56. The molecule has 6 heteroatoms. The van der Waals surface area contributed by atoms with E-state index in [-0.39, 0.29) is 5.56 Å². The van der Waals surface area contributed by atoms with Crippen molar-refractivity contribution in [1.29, 1.82) is 0 Å². The normalized spacial score (nSPS) is 19.8. The number of piperidine rings is 1. The topological polar surface area (TPSA) is 31.7 Å². The molecular formula is C25H35ClN4O. The van der Waals surface area contributed by atoms with Crippen LogP contribution in [0.2, 0.25) is 0 Å². The first-order valence-corrected chi connectivity index (χ1v) is 12.0. The number of hydrogen-bond donors (Lipinski definition) is 0. The van der Waals surface area contributed by atoms with Gasteiger partial charge in [0.1, 0.15) is 0 Å². The Bertz CT molecular complexity index is 985. The van der Waals surface area contributed by atoms with Crippen molar-refractivity contribution in [2.45, 2.75) is 45.8 Å². The number of piperazine rings is 1. The maximum Gasteiger partial charge on any atom is 0.255 e. The first kappa shape index (κ1) is 22.5. The molecule has 2 fully saturated rings. The number of fused-ring (bicyclic) bond motifs is 1. The van der Waals surface area contributed by atoms with Crippen LogP contribution < -0.4 is 5.56 Å². The Morgan fingerprint density at radius 1 is 1.06 bits per heavy atom. The maximum atomic E-state index is 13.3. The van der Waals surface area contributed by atoms with E-state index in [1.165, 1.54) is 39.0 Å². The quantitative estimate of drug-likeness (QED) is 0.683. The summed E-state index contributed by atoms with van der Waals surface area (Å²) in [5.41, 5.74) is 2.97. The van der Waals surface area contributed by atoms with Gasteiger partial charge in [-0.1, -0.05) is 37.2 Å². The maximum absolute atomic E-state index is 13.3. The number of nitrogens with zero attached hydrogens (tertiary/aromatic N) is 4. The highest BCUT2D eigenvalue weighted by Crippen LogP contribution is 2.22. The largest absolute Gasteiger partial charge is 0.303 e. The zero-order valence-corrected chi connectivity index (χ0v) is 19.7. The molecular weight excluding hydrogens is 408 g/mol. The van der Waals surface area contributed by atoms with Crippen molar-refractivity contribution >= 4 is 22.5 Å². The number of halogens is 1. The van der Waals surface area contributed by atoms with Crippen molar-refractivity contribution in [2.75, 3.05) is 45.8 Å². The highest BCUT2D eigenvalue weighted by molar-refractivity contribution is 6.29. The average Bonchev–Trinajstić information content (AvgIpc) is 2.77. The Balaban J connectivity index is 1.46. The summed E-state index contributed by atoms with van der Waals surface area (Å²) >= 11 is 6.10. The molecule has 0 radical (unpaired) electrons. The van der Waals surface area contributed by atoms with Gasteiger partial charge in [-0.25, -0.2) is 0 Å². The van der Waals surface area contributed by atoms with Crippen LogP contribution in [0.3, 0.4) is 0 Å². The zero-order chi connectivity index (χ0) is 22.0. The fourth-order valence-corrected chi connectivity index (χ4v) is 5.23. The number of hydrogen-bond acceptors (Lipinski definition) is 4. The zero-order valence-electron chi connectivity index (χ0n) is 18.9. The summed E-state index contributed by atoms with van der Waals surface area (Å²) in [6.07, 6.45) is 2.37. The Kier molecular flexibility index (Phi) is 7.17.